The minimum Gasteiger partial charge on any atom is -0.480 e. The van der Waals surface area contributed by atoms with Gasteiger partial charge in [-0.1, -0.05) is 13.8 Å². The highest BCUT2D eigenvalue weighted by Gasteiger charge is 2.33. The maximum absolute atomic E-state index is 11.1. The van der Waals surface area contributed by atoms with Gasteiger partial charge in [0.05, 0.1) is 12.7 Å². The molecular formula is C11H23NO3. The zero-order valence-electron chi connectivity index (χ0n) is 10.2. The average molecular weight is 217 g/mol. The summed E-state index contributed by atoms with van der Waals surface area (Å²) in [6.07, 6.45) is 1.36. The lowest BCUT2D eigenvalue weighted by Gasteiger charge is -2.28. The van der Waals surface area contributed by atoms with Crippen molar-refractivity contribution in [3.05, 3.63) is 0 Å². The summed E-state index contributed by atoms with van der Waals surface area (Å²) in [7, 11) is 0. The summed E-state index contributed by atoms with van der Waals surface area (Å²) in [5, 5.41) is 12.2. The number of rotatable bonds is 8. The van der Waals surface area contributed by atoms with Gasteiger partial charge in [0.2, 0.25) is 0 Å². The lowest BCUT2D eigenvalue weighted by Crippen LogP contribution is -2.52. The molecular weight excluding hydrogens is 194 g/mol. The average Bonchev–Trinajstić information content (AvgIpc) is 2.18. The Bertz CT molecular complexity index is 188. The Balaban J connectivity index is 4.02. The second-order valence-corrected chi connectivity index (χ2v) is 3.94. The highest BCUT2D eigenvalue weighted by molar-refractivity contribution is 5.78. The molecule has 0 saturated heterocycles. The van der Waals surface area contributed by atoms with Gasteiger partial charge in [-0.05, 0) is 26.7 Å². The second-order valence-electron chi connectivity index (χ2n) is 3.94. The van der Waals surface area contributed by atoms with Gasteiger partial charge in [-0.25, -0.2) is 0 Å². The summed E-state index contributed by atoms with van der Waals surface area (Å²) in [5.41, 5.74) is -0.791. The first-order valence-corrected chi connectivity index (χ1v) is 5.58. The predicted molar refractivity (Wildman–Crippen MR) is 60.0 cm³/mol. The molecule has 4 heteroatoms. The Morgan fingerprint density at radius 1 is 1.40 bits per heavy atom. The first kappa shape index (κ1) is 14.4. The van der Waals surface area contributed by atoms with Crippen LogP contribution in [0, 0.1) is 0 Å². The highest BCUT2D eigenvalue weighted by Crippen LogP contribution is 2.14. The van der Waals surface area contributed by atoms with E-state index in [1.54, 1.807) is 0 Å². The largest absolute Gasteiger partial charge is 0.480 e. The Labute approximate surface area is 92.0 Å². The fourth-order valence-corrected chi connectivity index (χ4v) is 1.46. The van der Waals surface area contributed by atoms with E-state index in [0.717, 1.165) is 0 Å². The van der Waals surface area contributed by atoms with Crippen molar-refractivity contribution in [3.8, 4) is 0 Å². The fraction of sp³-hybridized carbons (Fsp3) is 0.909. The van der Waals surface area contributed by atoms with E-state index < -0.39 is 11.5 Å². The lowest BCUT2D eigenvalue weighted by atomic mass is 9.93. The summed E-state index contributed by atoms with van der Waals surface area (Å²) < 4.78 is 5.35. The molecule has 0 rings (SSSR count). The smallest absolute Gasteiger partial charge is 0.323 e. The van der Waals surface area contributed by atoms with E-state index in [1.165, 1.54) is 0 Å². The van der Waals surface area contributed by atoms with Gasteiger partial charge in [0.1, 0.15) is 5.54 Å². The molecule has 0 saturated carbocycles. The molecule has 90 valence electrons. The van der Waals surface area contributed by atoms with Crippen LogP contribution in [-0.4, -0.2) is 35.9 Å². The number of nitrogens with one attached hydrogen (secondary N) is 1. The fourth-order valence-electron chi connectivity index (χ4n) is 1.46. The van der Waals surface area contributed by atoms with Crippen molar-refractivity contribution < 1.29 is 14.6 Å². The normalized spacial score (nSPS) is 12.1. The minimum absolute atomic E-state index is 0.189. The standard InChI is InChI=1S/C11H23NO3/c1-5-11(6-2,10(13)14)12-7-8-15-9(3)4/h9,12H,5-8H2,1-4H3,(H,13,14). The van der Waals surface area contributed by atoms with Crippen molar-refractivity contribution in [1.82, 2.24) is 5.32 Å². The molecule has 0 atom stereocenters. The third-order valence-electron chi connectivity index (χ3n) is 2.63. The Morgan fingerprint density at radius 3 is 2.27 bits per heavy atom. The molecule has 4 nitrogen and oxygen atoms in total. The van der Waals surface area contributed by atoms with Gasteiger partial charge < -0.3 is 9.84 Å². The molecule has 15 heavy (non-hydrogen) atoms. The first-order valence-electron chi connectivity index (χ1n) is 5.58. The molecule has 0 amide bonds. The summed E-state index contributed by atoms with van der Waals surface area (Å²) in [5.74, 6) is -0.781. The molecule has 2 N–H and O–H groups in total. The molecule has 0 aliphatic carbocycles. The molecule has 0 unspecified atom stereocenters. The zero-order chi connectivity index (χ0) is 11.9. The van der Waals surface area contributed by atoms with Crippen molar-refractivity contribution in [2.24, 2.45) is 0 Å². The molecule has 0 aromatic carbocycles. The van der Waals surface area contributed by atoms with Crippen LogP contribution >= 0.6 is 0 Å². The third-order valence-corrected chi connectivity index (χ3v) is 2.63. The molecule has 0 fully saturated rings. The van der Waals surface area contributed by atoms with Gasteiger partial charge in [0.15, 0.2) is 0 Å². The van der Waals surface area contributed by atoms with Gasteiger partial charge in [-0.3, -0.25) is 10.1 Å². The Hall–Kier alpha value is -0.610. The molecule has 0 aromatic rings. The zero-order valence-corrected chi connectivity index (χ0v) is 10.2. The van der Waals surface area contributed by atoms with Gasteiger partial charge in [-0.15, -0.1) is 0 Å². The molecule has 0 aromatic heterocycles. The van der Waals surface area contributed by atoms with E-state index in [4.69, 9.17) is 9.84 Å². The van der Waals surface area contributed by atoms with E-state index in [2.05, 4.69) is 5.32 Å². The third kappa shape index (κ3) is 4.62. The van der Waals surface area contributed by atoms with E-state index in [0.29, 0.717) is 26.0 Å². The van der Waals surface area contributed by atoms with Crippen LogP contribution in [0.2, 0.25) is 0 Å². The lowest BCUT2D eigenvalue weighted by molar-refractivity contribution is -0.145. The van der Waals surface area contributed by atoms with Crippen molar-refractivity contribution in [2.75, 3.05) is 13.2 Å². The molecule has 0 spiro atoms. The van der Waals surface area contributed by atoms with Crippen LogP contribution in [0.4, 0.5) is 0 Å². The first-order chi connectivity index (χ1) is 6.98. The van der Waals surface area contributed by atoms with Crippen molar-refractivity contribution in [1.29, 1.82) is 0 Å². The van der Waals surface area contributed by atoms with Gasteiger partial charge in [0.25, 0.3) is 0 Å². The van der Waals surface area contributed by atoms with Gasteiger partial charge in [0, 0.05) is 6.54 Å². The van der Waals surface area contributed by atoms with Crippen LogP contribution in [-0.2, 0) is 9.53 Å². The number of ether oxygens (including phenoxy) is 1. The van der Waals surface area contributed by atoms with Gasteiger partial charge in [-0.2, -0.15) is 0 Å². The Morgan fingerprint density at radius 2 is 1.93 bits per heavy atom. The SMILES string of the molecule is CCC(CC)(NCCOC(C)C)C(=O)O. The van der Waals surface area contributed by atoms with E-state index in [1.807, 2.05) is 27.7 Å². The highest BCUT2D eigenvalue weighted by atomic mass is 16.5. The minimum atomic E-state index is -0.791. The topological polar surface area (TPSA) is 58.6 Å². The van der Waals surface area contributed by atoms with Crippen LogP contribution < -0.4 is 5.32 Å². The number of carbonyl (C=O) groups is 1. The van der Waals surface area contributed by atoms with Crippen molar-refractivity contribution in [3.63, 3.8) is 0 Å². The molecule has 0 aliphatic heterocycles. The van der Waals surface area contributed by atoms with Crippen LogP contribution in [0.25, 0.3) is 0 Å². The van der Waals surface area contributed by atoms with E-state index in [-0.39, 0.29) is 6.10 Å². The number of hydrogen-bond acceptors (Lipinski definition) is 3. The van der Waals surface area contributed by atoms with Gasteiger partial charge >= 0.3 is 5.97 Å². The van der Waals surface area contributed by atoms with Crippen LogP contribution in [0.5, 0.6) is 0 Å². The van der Waals surface area contributed by atoms with E-state index in [9.17, 15) is 4.79 Å². The van der Waals surface area contributed by atoms with Crippen LogP contribution in [0.15, 0.2) is 0 Å². The monoisotopic (exact) mass is 217 g/mol. The number of hydrogen-bond donors (Lipinski definition) is 2. The second kappa shape index (κ2) is 6.80. The number of carboxylic acids is 1. The van der Waals surface area contributed by atoms with Crippen LogP contribution in [0.3, 0.4) is 0 Å². The van der Waals surface area contributed by atoms with Crippen LogP contribution in [0.1, 0.15) is 40.5 Å². The summed E-state index contributed by atoms with van der Waals surface area (Å²) in [4.78, 5) is 11.1. The number of aliphatic carboxylic acids is 1. The number of carboxylic acid groups (broad SMARTS) is 1. The predicted octanol–water partition coefficient (Wildman–Crippen LogP) is 1.64. The quantitative estimate of drug-likeness (QED) is 0.607. The maximum atomic E-state index is 11.1. The summed E-state index contributed by atoms with van der Waals surface area (Å²) in [6, 6.07) is 0. The summed E-state index contributed by atoms with van der Waals surface area (Å²) in [6.45, 7) is 8.81. The molecule has 0 heterocycles. The van der Waals surface area contributed by atoms with Crippen molar-refractivity contribution >= 4 is 5.97 Å². The molecule has 0 aliphatic rings. The summed E-state index contributed by atoms with van der Waals surface area (Å²) >= 11 is 0. The molecule has 0 bridgehead atoms. The maximum Gasteiger partial charge on any atom is 0.323 e. The Kier molecular flexibility index (Phi) is 6.52. The van der Waals surface area contributed by atoms with Crippen molar-refractivity contribution in [2.45, 2.75) is 52.2 Å². The molecule has 0 radical (unpaired) electrons. The van der Waals surface area contributed by atoms with E-state index >= 15 is 0 Å².